The molecule has 1 aliphatic rings. The van der Waals surface area contributed by atoms with Crippen molar-refractivity contribution >= 4 is 5.82 Å². The zero-order valence-corrected chi connectivity index (χ0v) is 13.5. The maximum Gasteiger partial charge on any atom is 0.434 e. The number of hydrogen-bond acceptors (Lipinski definition) is 7. The minimum Gasteiger partial charge on any atom is -0.395 e. The van der Waals surface area contributed by atoms with Crippen molar-refractivity contribution in [1.29, 1.82) is 0 Å². The minimum atomic E-state index is -4.47. The first-order valence-corrected chi connectivity index (χ1v) is 7.45. The maximum atomic E-state index is 11.8. The van der Waals surface area contributed by atoms with Gasteiger partial charge < -0.3 is 21.1 Å². The zero-order valence-electron chi connectivity index (χ0n) is 13.5. The van der Waals surface area contributed by atoms with Gasteiger partial charge in [0.15, 0.2) is 5.69 Å². The summed E-state index contributed by atoms with van der Waals surface area (Å²) in [6.07, 6.45) is -3.72. The molecule has 0 amide bonds. The molecule has 138 valence electrons. The van der Waals surface area contributed by atoms with Crippen LogP contribution in [0, 0.1) is 0 Å². The third-order valence-electron chi connectivity index (χ3n) is 3.69. The molecule has 10 heteroatoms. The van der Waals surface area contributed by atoms with Crippen molar-refractivity contribution in [2.45, 2.75) is 50.7 Å². The molecule has 2 heterocycles. The Labute approximate surface area is 137 Å². The van der Waals surface area contributed by atoms with Crippen LogP contribution in [0.25, 0.3) is 0 Å². The van der Waals surface area contributed by atoms with Crippen molar-refractivity contribution in [3.63, 3.8) is 0 Å². The summed E-state index contributed by atoms with van der Waals surface area (Å²) >= 11 is 0. The number of nitrogens with two attached hydrogens (primary N) is 1. The van der Waals surface area contributed by atoms with Crippen LogP contribution in [0.3, 0.4) is 0 Å². The van der Waals surface area contributed by atoms with Gasteiger partial charge in [-0.25, -0.2) is 4.98 Å². The molecule has 1 saturated heterocycles. The Morgan fingerprint density at radius 1 is 1.33 bits per heavy atom. The number of aliphatic hydroxyl groups is 3. The average molecular weight is 352 g/mol. The van der Waals surface area contributed by atoms with Crippen LogP contribution < -0.4 is 5.73 Å². The molecule has 1 fully saturated rings. The Balaban J connectivity index is 0.000000243. The van der Waals surface area contributed by atoms with Crippen LogP contribution in [-0.4, -0.2) is 67.6 Å². The highest BCUT2D eigenvalue weighted by atomic mass is 19.4. The van der Waals surface area contributed by atoms with Gasteiger partial charge in [-0.1, -0.05) is 0 Å². The molecular weight excluding hydrogens is 329 g/mol. The molecular formula is C14H23F3N4O3. The van der Waals surface area contributed by atoms with Crippen LogP contribution in [0.4, 0.5) is 19.0 Å². The van der Waals surface area contributed by atoms with Gasteiger partial charge in [-0.05, 0) is 20.3 Å². The molecule has 0 radical (unpaired) electrons. The molecule has 3 unspecified atom stereocenters. The van der Waals surface area contributed by atoms with Crippen LogP contribution in [0.15, 0.2) is 12.4 Å². The molecule has 0 aliphatic carbocycles. The average Bonchev–Trinajstić information content (AvgIpc) is 2.49. The van der Waals surface area contributed by atoms with Crippen LogP contribution in [0.5, 0.6) is 0 Å². The van der Waals surface area contributed by atoms with Crippen molar-refractivity contribution in [2.24, 2.45) is 0 Å². The molecule has 3 atom stereocenters. The van der Waals surface area contributed by atoms with Crippen LogP contribution in [0.1, 0.15) is 26.0 Å². The van der Waals surface area contributed by atoms with Crippen molar-refractivity contribution in [2.75, 3.05) is 18.9 Å². The van der Waals surface area contributed by atoms with Gasteiger partial charge in [-0.15, -0.1) is 0 Å². The predicted molar refractivity (Wildman–Crippen MR) is 80.8 cm³/mol. The van der Waals surface area contributed by atoms with Crippen molar-refractivity contribution in [1.82, 2.24) is 14.9 Å². The third-order valence-corrected chi connectivity index (χ3v) is 3.69. The van der Waals surface area contributed by atoms with Crippen molar-refractivity contribution < 1.29 is 28.5 Å². The van der Waals surface area contributed by atoms with E-state index in [0.29, 0.717) is 18.7 Å². The molecule has 0 saturated carbocycles. The van der Waals surface area contributed by atoms with E-state index in [1.807, 2.05) is 18.7 Å². The summed E-state index contributed by atoms with van der Waals surface area (Å²) < 4.78 is 35.4. The van der Waals surface area contributed by atoms with E-state index in [-0.39, 0.29) is 18.5 Å². The molecule has 1 aromatic rings. The van der Waals surface area contributed by atoms with Gasteiger partial charge in [0.1, 0.15) is 5.82 Å². The van der Waals surface area contributed by atoms with Gasteiger partial charge >= 0.3 is 6.18 Å². The standard InChI is InChI=1S/C9H19NO3.C5H4F3N3/c1-6(2)10-4-3-8(12)9(13)7(10)5-11;6-5(7,8)3-1-10-2-4(9)11-3/h6-9,11-13H,3-5H2,1-2H3;1-2H,(H2,9,11). The highest BCUT2D eigenvalue weighted by Gasteiger charge is 2.36. The van der Waals surface area contributed by atoms with Gasteiger partial charge in [-0.2, -0.15) is 13.2 Å². The SMILES string of the molecule is CC(C)N1CCC(O)C(O)C1CO.Nc1cncc(C(F)(F)F)n1. The molecule has 0 spiro atoms. The summed E-state index contributed by atoms with van der Waals surface area (Å²) in [5.74, 6) is -0.236. The Hall–Kier alpha value is -1.49. The number of aliphatic hydroxyl groups excluding tert-OH is 3. The summed E-state index contributed by atoms with van der Waals surface area (Å²) in [5.41, 5.74) is 3.91. The first kappa shape index (κ1) is 20.6. The summed E-state index contributed by atoms with van der Waals surface area (Å²) in [4.78, 5) is 8.30. The van der Waals surface area contributed by atoms with Gasteiger partial charge in [-0.3, -0.25) is 9.88 Å². The summed E-state index contributed by atoms with van der Waals surface area (Å²) in [7, 11) is 0. The molecule has 1 aliphatic heterocycles. The van der Waals surface area contributed by atoms with E-state index in [1.54, 1.807) is 0 Å². The third kappa shape index (κ3) is 5.55. The fourth-order valence-corrected chi connectivity index (χ4v) is 2.44. The normalized spacial score (nSPS) is 25.3. The lowest BCUT2D eigenvalue weighted by Gasteiger charge is -2.42. The first-order chi connectivity index (χ1) is 11.1. The second kappa shape index (κ2) is 8.56. The van der Waals surface area contributed by atoms with E-state index in [2.05, 4.69) is 9.97 Å². The molecule has 24 heavy (non-hydrogen) atoms. The van der Waals surface area contributed by atoms with E-state index < -0.39 is 24.1 Å². The van der Waals surface area contributed by atoms with Crippen LogP contribution in [0.2, 0.25) is 0 Å². The Kier molecular flexibility index (Phi) is 7.33. The number of nitrogens with zero attached hydrogens (tertiary/aromatic N) is 3. The smallest absolute Gasteiger partial charge is 0.395 e. The number of hydrogen-bond donors (Lipinski definition) is 4. The number of alkyl halides is 3. The summed E-state index contributed by atoms with van der Waals surface area (Å²) in [6, 6.07) is -0.0250. The second-order valence-electron chi connectivity index (χ2n) is 5.76. The van der Waals surface area contributed by atoms with E-state index >= 15 is 0 Å². The van der Waals surface area contributed by atoms with E-state index in [1.165, 1.54) is 0 Å². The van der Waals surface area contributed by atoms with E-state index in [9.17, 15) is 23.4 Å². The molecule has 0 bridgehead atoms. The lowest BCUT2D eigenvalue weighted by Crippen LogP contribution is -2.58. The molecule has 5 N–H and O–H groups in total. The predicted octanol–water partition coefficient (Wildman–Crippen LogP) is 0.261. The quantitative estimate of drug-likeness (QED) is 0.603. The zero-order chi connectivity index (χ0) is 18.5. The largest absolute Gasteiger partial charge is 0.434 e. The molecule has 1 aromatic heterocycles. The number of nitrogen functional groups attached to an aromatic ring is 1. The van der Waals surface area contributed by atoms with Crippen molar-refractivity contribution in [3.05, 3.63) is 18.1 Å². The van der Waals surface area contributed by atoms with Gasteiger partial charge in [0.2, 0.25) is 0 Å². The van der Waals surface area contributed by atoms with Gasteiger partial charge in [0.25, 0.3) is 0 Å². The first-order valence-electron chi connectivity index (χ1n) is 7.45. The molecule has 7 nitrogen and oxygen atoms in total. The second-order valence-corrected chi connectivity index (χ2v) is 5.76. The molecule has 0 aromatic carbocycles. The van der Waals surface area contributed by atoms with Crippen LogP contribution >= 0.6 is 0 Å². The Morgan fingerprint density at radius 2 is 1.96 bits per heavy atom. The van der Waals surface area contributed by atoms with Crippen LogP contribution in [-0.2, 0) is 6.18 Å². The molecule has 2 rings (SSSR count). The number of piperidine rings is 1. The summed E-state index contributed by atoms with van der Waals surface area (Å²) in [6.45, 7) is 4.68. The maximum absolute atomic E-state index is 11.8. The Bertz CT molecular complexity index is 516. The summed E-state index contributed by atoms with van der Waals surface area (Å²) in [5, 5.41) is 28.1. The minimum absolute atomic E-state index is 0.101. The van der Waals surface area contributed by atoms with Gasteiger partial charge in [0, 0.05) is 12.6 Å². The number of aromatic nitrogens is 2. The van der Waals surface area contributed by atoms with E-state index in [0.717, 1.165) is 12.7 Å². The fraction of sp³-hybridized carbons (Fsp3) is 0.714. The van der Waals surface area contributed by atoms with E-state index in [4.69, 9.17) is 10.8 Å². The number of likely N-dealkylation sites (tertiary alicyclic amines) is 1. The van der Waals surface area contributed by atoms with Gasteiger partial charge in [0.05, 0.1) is 37.3 Å². The topological polar surface area (TPSA) is 116 Å². The highest BCUT2D eigenvalue weighted by Crippen LogP contribution is 2.26. The van der Waals surface area contributed by atoms with Crippen molar-refractivity contribution in [3.8, 4) is 0 Å². The Morgan fingerprint density at radius 3 is 2.38 bits per heavy atom. The number of rotatable bonds is 2. The lowest BCUT2D eigenvalue weighted by atomic mass is 9.95. The number of halogens is 3. The highest BCUT2D eigenvalue weighted by molar-refractivity contribution is 5.24. The number of anilines is 1. The fourth-order valence-electron chi connectivity index (χ4n) is 2.44. The monoisotopic (exact) mass is 352 g/mol. The lowest BCUT2D eigenvalue weighted by molar-refractivity contribution is -0.141.